The molecule has 9 heteroatoms. The van der Waals surface area contributed by atoms with E-state index in [1.807, 2.05) is 31.2 Å². The lowest BCUT2D eigenvalue weighted by Crippen LogP contribution is -2.75. The monoisotopic (exact) mass is 448 g/mol. The Balaban J connectivity index is 1.15. The number of pyridine rings is 2. The van der Waals surface area contributed by atoms with Gasteiger partial charge < -0.3 is 16.4 Å². The average molecular weight is 449 g/mol. The smallest absolute Gasteiger partial charge is 0.263 e. The number of aromatic nitrogens is 2. The molecule has 0 saturated carbocycles. The van der Waals surface area contributed by atoms with Gasteiger partial charge in [-0.1, -0.05) is 6.07 Å². The van der Waals surface area contributed by atoms with Crippen LogP contribution in [-0.4, -0.2) is 47.5 Å². The lowest BCUT2D eigenvalue weighted by molar-refractivity contribution is -0.138. The van der Waals surface area contributed by atoms with Crippen molar-refractivity contribution >= 4 is 44.9 Å². The van der Waals surface area contributed by atoms with Crippen LogP contribution in [0.5, 0.6) is 0 Å². The molecule has 3 aliphatic rings. The molecule has 2 fully saturated rings. The van der Waals surface area contributed by atoms with Crippen LogP contribution in [0.3, 0.4) is 0 Å². The predicted molar refractivity (Wildman–Crippen MR) is 124 cm³/mol. The van der Waals surface area contributed by atoms with E-state index in [0.29, 0.717) is 10.6 Å². The number of carbonyl (C=O) groups is 2. The first kappa shape index (κ1) is 19.6. The number of nitrogens with one attached hydrogen (secondary N) is 2. The quantitative estimate of drug-likeness (QED) is 0.527. The van der Waals surface area contributed by atoms with E-state index in [9.17, 15) is 9.59 Å². The van der Waals surface area contributed by atoms with Gasteiger partial charge in [0.25, 0.3) is 5.91 Å². The molecule has 5 heterocycles. The van der Waals surface area contributed by atoms with Crippen molar-refractivity contribution in [1.82, 2.24) is 20.6 Å². The lowest BCUT2D eigenvalue weighted by Gasteiger charge is -2.53. The molecule has 3 aromatic rings. The molecule has 164 valence electrons. The highest BCUT2D eigenvalue weighted by atomic mass is 32.1. The van der Waals surface area contributed by atoms with E-state index in [0.717, 1.165) is 71.9 Å². The number of hydrogen-bond acceptors (Lipinski definition) is 7. The zero-order chi connectivity index (χ0) is 22.0. The van der Waals surface area contributed by atoms with Crippen LogP contribution in [0.25, 0.3) is 10.2 Å². The lowest BCUT2D eigenvalue weighted by atomic mass is 9.73. The summed E-state index contributed by atoms with van der Waals surface area (Å²) in [7, 11) is 0. The second kappa shape index (κ2) is 6.98. The number of nitrogens with zero attached hydrogens (tertiary/aromatic N) is 3. The Morgan fingerprint density at radius 2 is 2.12 bits per heavy atom. The van der Waals surface area contributed by atoms with Crippen LogP contribution < -0.4 is 21.3 Å². The van der Waals surface area contributed by atoms with E-state index in [1.165, 1.54) is 11.3 Å². The largest absolute Gasteiger partial charge is 0.397 e. The van der Waals surface area contributed by atoms with Crippen molar-refractivity contribution < 1.29 is 9.59 Å². The van der Waals surface area contributed by atoms with Crippen molar-refractivity contribution in [3.8, 4) is 0 Å². The third-order valence-corrected chi connectivity index (χ3v) is 8.00. The van der Waals surface area contributed by atoms with Crippen LogP contribution in [0.15, 0.2) is 24.3 Å². The van der Waals surface area contributed by atoms with Gasteiger partial charge >= 0.3 is 0 Å². The molecule has 1 unspecified atom stereocenters. The van der Waals surface area contributed by atoms with E-state index >= 15 is 0 Å². The molecular weight excluding hydrogens is 424 g/mol. The summed E-state index contributed by atoms with van der Waals surface area (Å²) in [6.07, 6.45) is 2.29. The summed E-state index contributed by atoms with van der Waals surface area (Å²) >= 11 is 1.34. The molecule has 0 aromatic carbocycles. The fourth-order valence-electron chi connectivity index (χ4n) is 4.89. The molecule has 2 aliphatic heterocycles. The summed E-state index contributed by atoms with van der Waals surface area (Å²) in [4.78, 5) is 37.9. The minimum Gasteiger partial charge on any atom is -0.397 e. The van der Waals surface area contributed by atoms with Gasteiger partial charge in [0.1, 0.15) is 15.5 Å². The SMILES string of the molecule is Cc1ccc2c(N)c(C(=O)NC3CCc4nc(N5CC6(CNC6)C5=O)ccc4C3)sc2n1. The standard InChI is InChI=1S/C23H24N6O2S/c1-12-2-5-15-18(24)19(32-21(15)26-12)20(30)27-14-4-6-16-13(8-14)3-7-17(28-16)29-11-23(22(29)31)9-25-10-23/h2-3,5,7,14,25H,4,6,8-11,24H2,1H3,(H,27,30). The first-order chi connectivity index (χ1) is 15.4. The van der Waals surface area contributed by atoms with E-state index in [1.54, 1.807) is 4.90 Å². The number of anilines is 2. The molecular formula is C23H24N6O2S. The molecule has 8 nitrogen and oxygen atoms in total. The van der Waals surface area contributed by atoms with Gasteiger partial charge in [0, 0.05) is 42.5 Å². The Morgan fingerprint density at radius 1 is 1.28 bits per heavy atom. The molecule has 0 radical (unpaired) electrons. The van der Waals surface area contributed by atoms with Crippen LogP contribution in [0.1, 0.15) is 33.0 Å². The Bertz CT molecular complexity index is 1280. The third-order valence-electron chi connectivity index (χ3n) is 6.89. The normalized spacial score (nSPS) is 21.2. The summed E-state index contributed by atoms with van der Waals surface area (Å²) in [5, 5.41) is 7.17. The van der Waals surface area contributed by atoms with Crippen molar-refractivity contribution in [3.05, 3.63) is 46.1 Å². The molecule has 2 amide bonds. The van der Waals surface area contributed by atoms with Crippen LogP contribution in [0, 0.1) is 12.3 Å². The number of nitrogen functional groups attached to an aromatic ring is 1. The fourth-order valence-corrected chi connectivity index (χ4v) is 5.94. The molecule has 1 atom stereocenters. The summed E-state index contributed by atoms with van der Waals surface area (Å²) in [6.45, 7) is 4.21. The van der Waals surface area contributed by atoms with E-state index in [2.05, 4.69) is 15.6 Å². The van der Waals surface area contributed by atoms with Crippen LogP contribution in [0.2, 0.25) is 0 Å². The highest BCUT2D eigenvalue weighted by Crippen LogP contribution is 2.39. The van der Waals surface area contributed by atoms with Crippen molar-refractivity contribution in [2.45, 2.75) is 32.2 Å². The van der Waals surface area contributed by atoms with Gasteiger partial charge in [-0.3, -0.25) is 14.5 Å². The highest BCUT2D eigenvalue weighted by Gasteiger charge is 2.56. The van der Waals surface area contributed by atoms with Gasteiger partial charge in [-0.2, -0.15) is 0 Å². The zero-order valence-electron chi connectivity index (χ0n) is 17.8. The fraction of sp³-hybridized carbons (Fsp3) is 0.391. The Kier molecular flexibility index (Phi) is 4.28. The van der Waals surface area contributed by atoms with E-state index in [4.69, 9.17) is 10.7 Å². The van der Waals surface area contributed by atoms with Gasteiger partial charge in [0.15, 0.2) is 0 Å². The van der Waals surface area contributed by atoms with E-state index < -0.39 is 0 Å². The summed E-state index contributed by atoms with van der Waals surface area (Å²) in [6, 6.07) is 7.83. The number of β-lactam (4-membered cyclic amide) rings is 1. The van der Waals surface area contributed by atoms with Gasteiger partial charge in [-0.25, -0.2) is 9.97 Å². The maximum absolute atomic E-state index is 12.9. The van der Waals surface area contributed by atoms with E-state index in [-0.39, 0.29) is 23.3 Å². The topological polar surface area (TPSA) is 113 Å². The average Bonchev–Trinajstić information content (AvgIpc) is 3.07. The Morgan fingerprint density at radius 3 is 2.88 bits per heavy atom. The van der Waals surface area contributed by atoms with Gasteiger partial charge in [0.05, 0.1) is 11.1 Å². The molecule has 32 heavy (non-hydrogen) atoms. The summed E-state index contributed by atoms with van der Waals surface area (Å²) in [5.74, 6) is 0.775. The molecule has 2 saturated heterocycles. The molecule has 1 aliphatic carbocycles. The molecule has 0 bridgehead atoms. The number of fused-ring (bicyclic) bond motifs is 2. The highest BCUT2D eigenvalue weighted by molar-refractivity contribution is 7.21. The first-order valence-corrected chi connectivity index (χ1v) is 11.7. The zero-order valence-corrected chi connectivity index (χ0v) is 18.6. The third kappa shape index (κ3) is 2.91. The minimum absolute atomic E-state index is 0.0249. The Labute approximate surface area is 189 Å². The van der Waals surface area contributed by atoms with Crippen molar-refractivity contribution in [2.24, 2.45) is 5.41 Å². The van der Waals surface area contributed by atoms with Crippen LogP contribution >= 0.6 is 11.3 Å². The summed E-state index contributed by atoms with van der Waals surface area (Å²) in [5.41, 5.74) is 9.61. The second-order valence-electron chi connectivity index (χ2n) is 9.11. The number of aryl methyl sites for hydroxylation is 2. The van der Waals surface area contributed by atoms with Crippen molar-refractivity contribution in [1.29, 1.82) is 0 Å². The first-order valence-electron chi connectivity index (χ1n) is 10.9. The van der Waals surface area contributed by atoms with Gasteiger partial charge in [-0.15, -0.1) is 11.3 Å². The number of carbonyl (C=O) groups excluding carboxylic acids is 2. The number of amides is 2. The molecule has 6 rings (SSSR count). The Hall–Kier alpha value is -3.04. The van der Waals surface area contributed by atoms with Gasteiger partial charge in [0.2, 0.25) is 5.91 Å². The number of thiophene rings is 1. The predicted octanol–water partition coefficient (Wildman–Crippen LogP) is 1.81. The molecule has 4 N–H and O–H groups in total. The molecule has 3 aromatic heterocycles. The number of nitrogens with two attached hydrogens (primary N) is 1. The summed E-state index contributed by atoms with van der Waals surface area (Å²) < 4.78 is 0. The molecule has 1 spiro atoms. The van der Waals surface area contributed by atoms with Gasteiger partial charge in [-0.05, 0) is 49.9 Å². The second-order valence-corrected chi connectivity index (χ2v) is 10.1. The maximum Gasteiger partial charge on any atom is 0.263 e. The van der Waals surface area contributed by atoms with Crippen LogP contribution in [-0.2, 0) is 17.6 Å². The maximum atomic E-state index is 12.9. The minimum atomic E-state index is -0.185. The van der Waals surface area contributed by atoms with Crippen molar-refractivity contribution in [3.63, 3.8) is 0 Å². The van der Waals surface area contributed by atoms with Crippen LogP contribution in [0.4, 0.5) is 11.5 Å². The van der Waals surface area contributed by atoms with Crippen molar-refractivity contribution in [2.75, 3.05) is 30.3 Å². The number of rotatable bonds is 3. The number of hydrogen-bond donors (Lipinski definition) is 3.